The second kappa shape index (κ2) is 9.93. The molecule has 35 heavy (non-hydrogen) atoms. The molecular weight excluding hydrogens is 465 g/mol. The number of hydrogen-bond acceptors (Lipinski definition) is 9. The van der Waals surface area contributed by atoms with Gasteiger partial charge in [-0.15, -0.1) is 11.3 Å². The zero-order valence-electron chi connectivity index (χ0n) is 19.5. The van der Waals surface area contributed by atoms with E-state index < -0.39 is 5.82 Å². The molecule has 4 heterocycles. The van der Waals surface area contributed by atoms with Crippen LogP contribution in [0.1, 0.15) is 24.8 Å². The van der Waals surface area contributed by atoms with Gasteiger partial charge < -0.3 is 20.7 Å². The van der Waals surface area contributed by atoms with E-state index in [9.17, 15) is 4.39 Å². The molecule has 1 fully saturated rings. The smallest absolute Gasteiger partial charge is 0.146 e. The number of aromatic nitrogens is 4. The summed E-state index contributed by atoms with van der Waals surface area (Å²) in [7, 11) is 0. The van der Waals surface area contributed by atoms with Crippen molar-refractivity contribution in [1.29, 1.82) is 0 Å². The fourth-order valence-electron chi connectivity index (χ4n) is 3.78. The first kappa shape index (κ1) is 23.1. The molecular formula is C25H26FN7OS. The molecule has 1 saturated heterocycles. The molecule has 1 aliphatic rings. The predicted molar refractivity (Wildman–Crippen MR) is 138 cm³/mol. The van der Waals surface area contributed by atoms with Crippen LogP contribution < -0.4 is 16.0 Å². The van der Waals surface area contributed by atoms with Gasteiger partial charge in [0.25, 0.3) is 0 Å². The van der Waals surface area contributed by atoms with Crippen LogP contribution in [0.2, 0.25) is 0 Å². The highest BCUT2D eigenvalue weighted by Gasteiger charge is 2.19. The van der Waals surface area contributed by atoms with E-state index in [0.717, 1.165) is 51.4 Å². The number of hydrogen-bond donors (Lipinski definition) is 2. The van der Waals surface area contributed by atoms with Crippen molar-refractivity contribution in [3.8, 4) is 21.8 Å². The van der Waals surface area contributed by atoms with Gasteiger partial charge in [0.2, 0.25) is 0 Å². The van der Waals surface area contributed by atoms with E-state index in [0.29, 0.717) is 19.0 Å². The van der Waals surface area contributed by atoms with Crippen molar-refractivity contribution >= 4 is 34.3 Å². The SMILES string of the molecule is CC(C)c1nc(-c2ccc(F)c(N)c2)c(-c2cc(Nc3ccc(N4CCOCC4)nc3)ncn2)s1. The van der Waals surface area contributed by atoms with Crippen LogP contribution in [-0.4, -0.2) is 46.2 Å². The molecule has 0 aliphatic carbocycles. The molecule has 0 radical (unpaired) electrons. The van der Waals surface area contributed by atoms with Crippen molar-refractivity contribution in [2.75, 3.05) is 42.3 Å². The number of halogens is 1. The zero-order chi connectivity index (χ0) is 24.4. The number of pyridine rings is 1. The number of nitrogens with zero attached hydrogens (tertiary/aromatic N) is 5. The number of rotatable bonds is 6. The third-order valence-corrected chi connectivity index (χ3v) is 7.04. The van der Waals surface area contributed by atoms with Crippen molar-refractivity contribution in [2.24, 2.45) is 0 Å². The lowest BCUT2D eigenvalue weighted by Crippen LogP contribution is -2.36. The third kappa shape index (κ3) is 5.08. The van der Waals surface area contributed by atoms with Crippen molar-refractivity contribution in [1.82, 2.24) is 19.9 Å². The summed E-state index contributed by atoms with van der Waals surface area (Å²) in [6.07, 6.45) is 3.31. The number of anilines is 4. The summed E-state index contributed by atoms with van der Waals surface area (Å²) in [5, 5.41) is 4.27. The quantitative estimate of drug-likeness (QED) is 0.360. The maximum Gasteiger partial charge on any atom is 0.146 e. The van der Waals surface area contributed by atoms with Gasteiger partial charge >= 0.3 is 0 Å². The Bertz CT molecular complexity index is 1320. The lowest BCUT2D eigenvalue weighted by molar-refractivity contribution is 0.122. The topological polar surface area (TPSA) is 102 Å². The van der Waals surface area contributed by atoms with Crippen LogP contribution in [-0.2, 0) is 4.74 Å². The fraction of sp³-hybridized carbons (Fsp3) is 0.280. The third-order valence-electron chi connectivity index (χ3n) is 5.66. The maximum absolute atomic E-state index is 13.8. The van der Waals surface area contributed by atoms with Crippen molar-refractivity contribution in [3.05, 3.63) is 59.7 Å². The Hall–Kier alpha value is -3.63. The Morgan fingerprint density at radius 1 is 1.09 bits per heavy atom. The Morgan fingerprint density at radius 3 is 2.63 bits per heavy atom. The Kier molecular flexibility index (Phi) is 6.56. The van der Waals surface area contributed by atoms with Crippen LogP contribution in [0, 0.1) is 5.82 Å². The van der Waals surface area contributed by atoms with E-state index in [1.165, 1.54) is 12.4 Å². The summed E-state index contributed by atoms with van der Waals surface area (Å²) in [5.41, 5.74) is 8.95. The normalized spacial score (nSPS) is 13.9. The minimum Gasteiger partial charge on any atom is -0.396 e. The van der Waals surface area contributed by atoms with Crippen LogP contribution in [0.25, 0.3) is 21.8 Å². The molecule has 8 nitrogen and oxygen atoms in total. The van der Waals surface area contributed by atoms with Gasteiger partial charge in [0.1, 0.15) is 23.8 Å². The molecule has 5 rings (SSSR count). The van der Waals surface area contributed by atoms with Crippen LogP contribution >= 0.6 is 11.3 Å². The summed E-state index contributed by atoms with van der Waals surface area (Å²) in [6.45, 7) is 7.29. The molecule has 0 amide bonds. The first-order valence-electron chi connectivity index (χ1n) is 11.4. The first-order valence-corrected chi connectivity index (χ1v) is 12.2. The minimum absolute atomic E-state index is 0.0885. The Balaban J connectivity index is 1.43. The molecule has 1 aromatic carbocycles. The van der Waals surface area contributed by atoms with Gasteiger partial charge in [-0.2, -0.15) is 0 Å². The largest absolute Gasteiger partial charge is 0.396 e. The molecule has 1 aliphatic heterocycles. The molecule has 0 spiro atoms. The van der Waals surface area contributed by atoms with Crippen LogP contribution in [0.5, 0.6) is 0 Å². The summed E-state index contributed by atoms with van der Waals surface area (Å²) in [6, 6.07) is 10.5. The van der Waals surface area contributed by atoms with Crippen molar-refractivity contribution in [3.63, 3.8) is 0 Å². The molecule has 10 heteroatoms. The van der Waals surface area contributed by atoms with Gasteiger partial charge in [0.05, 0.1) is 52.1 Å². The number of nitrogens with one attached hydrogen (secondary N) is 1. The van der Waals surface area contributed by atoms with Crippen LogP contribution in [0.15, 0.2) is 48.9 Å². The second-order valence-electron chi connectivity index (χ2n) is 8.54. The van der Waals surface area contributed by atoms with E-state index in [2.05, 4.69) is 39.0 Å². The fourth-order valence-corrected chi connectivity index (χ4v) is 4.84. The van der Waals surface area contributed by atoms with E-state index >= 15 is 0 Å². The highest BCUT2D eigenvalue weighted by molar-refractivity contribution is 7.15. The Morgan fingerprint density at radius 2 is 1.91 bits per heavy atom. The van der Waals surface area contributed by atoms with E-state index in [-0.39, 0.29) is 11.6 Å². The van der Waals surface area contributed by atoms with E-state index in [4.69, 9.17) is 15.5 Å². The Labute approximate surface area is 207 Å². The molecule has 0 saturated carbocycles. The van der Waals surface area contributed by atoms with Crippen LogP contribution in [0.3, 0.4) is 0 Å². The number of thiazole rings is 1. The monoisotopic (exact) mass is 491 g/mol. The minimum atomic E-state index is -0.448. The van der Waals surface area contributed by atoms with Gasteiger partial charge in [-0.05, 0) is 30.3 Å². The number of nitrogen functional groups attached to an aromatic ring is 1. The maximum atomic E-state index is 13.8. The molecule has 0 atom stereocenters. The summed E-state index contributed by atoms with van der Waals surface area (Å²) >= 11 is 1.57. The molecule has 180 valence electrons. The van der Waals surface area contributed by atoms with Crippen molar-refractivity contribution < 1.29 is 9.13 Å². The zero-order valence-corrected chi connectivity index (χ0v) is 20.3. The van der Waals surface area contributed by atoms with Gasteiger partial charge in [0.15, 0.2) is 0 Å². The summed E-state index contributed by atoms with van der Waals surface area (Å²) in [4.78, 5) is 21.4. The van der Waals surface area contributed by atoms with E-state index in [1.807, 2.05) is 18.2 Å². The molecule has 3 aromatic heterocycles. The first-order chi connectivity index (χ1) is 17.0. The lowest BCUT2D eigenvalue weighted by Gasteiger charge is -2.27. The molecule has 4 aromatic rings. The number of morpholine rings is 1. The highest BCUT2D eigenvalue weighted by Crippen LogP contribution is 2.39. The average Bonchev–Trinajstić information content (AvgIpc) is 3.33. The lowest BCUT2D eigenvalue weighted by atomic mass is 10.1. The number of benzene rings is 1. The number of ether oxygens (including phenoxy) is 1. The molecule has 0 unspecified atom stereocenters. The van der Waals surface area contributed by atoms with Crippen LogP contribution in [0.4, 0.5) is 27.4 Å². The standard InChI is InChI=1S/C25H26FN7OS/c1-15(2)25-32-23(16-3-5-18(26)19(27)11-16)24(35-25)20-12-21(30-14-29-20)31-17-4-6-22(28-13-17)33-7-9-34-10-8-33/h3-6,11-15H,7-10,27H2,1-2H3,(H,29,30,31). The van der Waals surface area contributed by atoms with Gasteiger partial charge in [-0.3, -0.25) is 0 Å². The highest BCUT2D eigenvalue weighted by atomic mass is 32.1. The predicted octanol–water partition coefficient (Wildman–Crippen LogP) is 5.09. The molecule has 3 N–H and O–H groups in total. The van der Waals surface area contributed by atoms with Crippen molar-refractivity contribution in [2.45, 2.75) is 19.8 Å². The summed E-state index contributed by atoms with van der Waals surface area (Å²) in [5.74, 6) is 1.36. The second-order valence-corrected chi connectivity index (χ2v) is 9.57. The average molecular weight is 492 g/mol. The van der Waals surface area contributed by atoms with Gasteiger partial charge in [-0.1, -0.05) is 13.8 Å². The molecule has 0 bridgehead atoms. The van der Waals surface area contributed by atoms with Gasteiger partial charge in [-0.25, -0.2) is 24.3 Å². The van der Waals surface area contributed by atoms with E-state index in [1.54, 1.807) is 29.7 Å². The number of nitrogens with two attached hydrogens (primary N) is 1. The van der Waals surface area contributed by atoms with Gasteiger partial charge in [0, 0.05) is 30.6 Å². The summed E-state index contributed by atoms with van der Waals surface area (Å²) < 4.78 is 19.2.